The van der Waals surface area contributed by atoms with Gasteiger partial charge in [0.15, 0.2) is 0 Å². The smallest absolute Gasteiger partial charge is 0.267 e. The highest BCUT2D eigenvalue weighted by atomic mass is 19.1. The molecule has 0 aliphatic rings. The third kappa shape index (κ3) is 3.84. The molecule has 3 rings (SSSR count). The molecule has 0 radical (unpaired) electrons. The van der Waals surface area contributed by atoms with Gasteiger partial charge in [0.25, 0.3) is 11.8 Å². The van der Waals surface area contributed by atoms with Gasteiger partial charge >= 0.3 is 0 Å². The number of aromatic nitrogens is 2. The number of rotatable bonds is 4. The van der Waals surface area contributed by atoms with Crippen LogP contribution in [0.5, 0.6) is 0 Å². The van der Waals surface area contributed by atoms with Gasteiger partial charge in [-0.3, -0.25) is 20.4 Å². The average molecular weight is 370 g/mol. The summed E-state index contributed by atoms with van der Waals surface area (Å²) in [5.41, 5.74) is 5.68. The van der Waals surface area contributed by atoms with Gasteiger partial charge in [-0.1, -0.05) is 19.1 Å². The summed E-state index contributed by atoms with van der Waals surface area (Å²) in [7, 11) is 0. The fourth-order valence-corrected chi connectivity index (χ4v) is 2.60. The Balaban J connectivity index is 1.76. The predicted octanol–water partition coefficient (Wildman–Crippen LogP) is 2.79. The fourth-order valence-electron chi connectivity index (χ4n) is 2.60. The van der Waals surface area contributed by atoms with E-state index in [2.05, 4.69) is 16.0 Å². The number of halogens is 2. The van der Waals surface area contributed by atoms with Crippen LogP contribution in [0.25, 0.3) is 5.69 Å². The van der Waals surface area contributed by atoms with E-state index < -0.39 is 17.6 Å². The SMILES string of the molecule is CCc1c(C(=O)NNC(=O)c2ccccc2F)cnn1-c1ccc(F)cc1. The number of amides is 2. The Morgan fingerprint density at radius 1 is 0.963 bits per heavy atom. The summed E-state index contributed by atoms with van der Waals surface area (Å²) in [5.74, 6) is -2.43. The summed E-state index contributed by atoms with van der Waals surface area (Å²) in [6.45, 7) is 1.84. The summed E-state index contributed by atoms with van der Waals surface area (Å²) in [4.78, 5) is 24.4. The molecule has 3 aromatic rings. The molecule has 8 heteroatoms. The highest BCUT2D eigenvalue weighted by molar-refractivity contribution is 5.99. The van der Waals surface area contributed by atoms with E-state index in [1.54, 1.807) is 12.1 Å². The second-order valence-electron chi connectivity index (χ2n) is 5.63. The van der Waals surface area contributed by atoms with E-state index in [0.717, 1.165) is 6.07 Å². The number of hydrogen-bond acceptors (Lipinski definition) is 3. The van der Waals surface area contributed by atoms with Crippen molar-refractivity contribution in [1.82, 2.24) is 20.6 Å². The van der Waals surface area contributed by atoms with Crippen LogP contribution in [0.15, 0.2) is 54.7 Å². The minimum atomic E-state index is -0.773. The highest BCUT2D eigenvalue weighted by Crippen LogP contribution is 2.16. The van der Waals surface area contributed by atoms with Gasteiger partial charge in [-0.05, 0) is 42.8 Å². The van der Waals surface area contributed by atoms with Crippen LogP contribution in [0, 0.1) is 11.6 Å². The summed E-state index contributed by atoms with van der Waals surface area (Å²) in [6.07, 6.45) is 1.83. The molecule has 0 fully saturated rings. The zero-order valence-electron chi connectivity index (χ0n) is 14.4. The van der Waals surface area contributed by atoms with Crippen LogP contribution in [0.1, 0.15) is 33.3 Å². The van der Waals surface area contributed by atoms with Crippen molar-refractivity contribution in [3.63, 3.8) is 0 Å². The Kier molecular flexibility index (Phi) is 5.25. The van der Waals surface area contributed by atoms with Gasteiger partial charge in [0.1, 0.15) is 11.6 Å². The first-order chi connectivity index (χ1) is 13.0. The molecule has 2 amide bonds. The first-order valence-corrected chi connectivity index (χ1v) is 8.19. The molecule has 6 nitrogen and oxygen atoms in total. The van der Waals surface area contributed by atoms with Crippen LogP contribution in [0.2, 0.25) is 0 Å². The lowest BCUT2D eigenvalue weighted by Crippen LogP contribution is -2.42. The van der Waals surface area contributed by atoms with E-state index in [1.807, 2.05) is 6.92 Å². The molecule has 27 heavy (non-hydrogen) atoms. The van der Waals surface area contributed by atoms with Crippen molar-refractivity contribution in [2.75, 3.05) is 0 Å². The Hall–Kier alpha value is -3.55. The van der Waals surface area contributed by atoms with Crippen molar-refractivity contribution in [2.24, 2.45) is 0 Å². The van der Waals surface area contributed by atoms with Gasteiger partial charge in [-0.2, -0.15) is 5.10 Å². The topological polar surface area (TPSA) is 76.0 Å². The Bertz CT molecular complexity index is 984. The molecule has 2 aromatic carbocycles. The van der Waals surface area contributed by atoms with Crippen LogP contribution in [-0.2, 0) is 6.42 Å². The third-order valence-electron chi connectivity index (χ3n) is 3.93. The molecule has 0 saturated heterocycles. The van der Waals surface area contributed by atoms with Crippen LogP contribution in [0.3, 0.4) is 0 Å². The van der Waals surface area contributed by atoms with Crippen LogP contribution < -0.4 is 10.9 Å². The van der Waals surface area contributed by atoms with Crippen molar-refractivity contribution >= 4 is 11.8 Å². The zero-order chi connectivity index (χ0) is 19.4. The van der Waals surface area contributed by atoms with Gasteiger partial charge in [0, 0.05) is 0 Å². The molecule has 2 N–H and O–H groups in total. The molecule has 0 saturated carbocycles. The lowest BCUT2D eigenvalue weighted by atomic mass is 10.2. The van der Waals surface area contributed by atoms with E-state index in [4.69, 9.17) is 0 Å². The minimum absolute atomic E-state index is 0.185. The van der Waals surface area contributed by atoms with Gasteiger partial charge < -0.3 is 0 Å². The number of carbonyl (C=O) groups is 2. The molecular weight excluding hydrogens is 354 g/mol. The Morgan fingerprint density at radius 3 is 2.22 bits per heavy atom. The number of nitrogens with zero attached hydrogens (tertiary/aromatic N) is 2. The van der Waals surface area contributed by atoms with Gasteiger partial charge in [0.2, 0.25) is 0 Å². The van der Waals surface area contributed by atoms with E-state index >= 15 is 0 Å². The highest BCUT2D eigenvalue weighted by Gasteiger charge is 2.18. The quantitative estimate of drug-likeness (QED) is 0.694. The summed E-state index contributed by atoms with van der Waals surface area (Å²) >= 11 is 0. The zero-order valence-corrected chi connectivity index (χ0v) is 14.4. The maximum absolute atomic E-state index is 13.6. The molecular formula is C19H16F2N4O2. The number of benzene rings is 2. The fraction of sp³-hybridized carbons (Fsp3) is 0.105. The molecule has 138 valence electrons. The largest absolute Gasteiger partial charge is 0.273 e. The Morgan fingerprint density at radius 2 is 1.59 bits per heavy atom. The summed E-state index contributed by atoms with van der Waals surface area (Å²) in [5, 5.41) is 4.17. The van der Waals surface area contributed by atoms with Gasteiger partial charge in [0.05, 0.1) is 28.7 Å². The lowest BCUT2D eigenvalue weighted by Gasteiger charge is -2.10. The van der Waals surface area contributed by atoms with Crippen molar-refractivity contribution in [3.05, 3.63) is 83.2 Å². The first-order valence-electron chi connectivity index (χ1n) is 8.19. The minimum Gasteiger partial charge on any atom is -0.267 e. The molecule has 0 aliphatic heterocycles. The summed E-state index contributed by atoms with van der Waals surface area (Å²) < 4.78 is 28.2. The number of nitrogens with one attached hydrogen (secondary N) is 2. The molecule has 0 spiro atoms. The standard InChI is InChI=1S/C19H16F2N4O2/c1-2-17-15(11-22-25(17)13-9-7-12(20)8-10-13)19(27)24-23-18(26)14-5-3-4-6-16(14)21/h3-11H,2H2,1H3,(H,23,26)(H,24,27). The lowest BCUT2D eigenvalue weighted by molar-refractivity contribution is 0.0843. The normalized spacial score (nSPS) is 10.5. The van der Waals surface area contributed by atoms with Crippen LogP contribution in [0.4, 0.5) is 8.78 Å². The van der Waals surface area contributed by atoms with Crippen molar-refractivity contribution < 1.29 is 18.4 Å². The predicted molar refractivity (Wildman–Crippen MR) is 94.2 cm³/mol. The second kappa shape index (κ2) is 7.77. The molecule has 0 bridgehead atoms. The van der Waals surface area contributed by atoms with Crippen molar-refractivity contribution in [3.8, 4) is 5.69 Å². The molecule has 0 atom stereocenters. The van der Waals surface area contributed by atoms with Crippen molar-refractivity contribution in [1.29, 1.82) is 0 Å². The van der Waals surface area contributed by atoms with Crippen LogP contribution in [-0.4, -0.2) is 21.6 Å². The van der Waals surface area contributed by atoms with Gasteiger partial charge in [-0.25, -0.2) is 13.5 Å². The van der Waals surface area contributed by atoms with Crippen LogP contribution >= 0.6 is 0 Å². The van der Waals surface area contributed by atoms with Crippen molar-refractivity contribution in [2.45, 2.75) is 13.3 Å². The molecule has 1 heterocycles. The van der Waals surface area contributed by atoms with E-state index in [9.17, 15) is 18.4 Å². The Labute approximate surface area is 153 Å². The summed E-state index contributed by atoms with van der Waals surface area (Å²) in [6, 6.07) is 11.1. The average Bonchev–Trinajstić information content (AvgIpc) is 3.11. The monoisotopic (exact) mass is 370 g/mol. The number of hydrogen-bond donors (Lipinski definition) is 2. The maximum atomic E-state index is 13.6. The third-order valence-corrected chi connectivity index (χ3v) is 3.93. The molecule has 0 aliphatic carbocycles. The number of carbonyl (C=O) groups excluding carboxylic acids is 2. The van der Waals surface area contributed by atoms with E-state index in [-0.39, 0.29) is 16.9 Å². The first kappa shape index (κ1) is 18.2. The molecule has 1 aromatic heterocycles. The maximum Gasteiger partial charge on any atom is 0.273 e. The van der Waals surface area contributed by atoms with E-state index in [1.165, 1.54) is 41.2 Å². The van der Waals surface area contributed by atoms with E-state index in [0.29, 0.717) is 17.8 Å². The number of hydrazine groups is 1. The van der Waals surface area contributed by atoms with Gasteiger partial charge in [-0.15, -0.1) is 0 Å². The second-order valence-corrected chi connectivity index (χ2v) is 5.63. The molecule has 0 unspecified atom stereocenters.